The first-order valence-corrected chi connectivity index (χ1v) is 6.55. The van der Waals surface area contributed by atoms with Gasteiger partial charge in [-0.15, -0.1) is 0 Å². The number of methoxy groups -OCH3 is 1. The van der Waals surface area contributed by atoms with Gasteiger partial charge in [0.05, 0.1) is 25.6 Å². The lowest BCUT2D eigenvalue weighted by molar-refractivity contribution is 0.144. The molecule has 1 heterocycles. The van der Waals surface area contributed by atoms with E-state index in [0.717, 1.165) is 10.6 Å². The largest absolute Gasteiger partial charge is 0.497 e. The number of amides is 1. The third-order valence-corrected chi connectivity index (χ3v) is 2.92. The lowest BCUT2D eigenvalue weighted by Crippen LogP contribution is -2.25. The first-order chi connectivity index (χ1) is 10.6. The van der Waals surface area contributed by atoms with Gasteiger partial charge in [0.1, 0.15) is 11.4 Å². The molecule has 2 rings (SSSR count). The van der Waals surface area contributed by atoms with E-state index in [-0.39, 0.29) is 6.54 Å². The van der Waals surface area contributed by atoms with Gasteiger partial charge in [0.25, 0.3) is 0 Å². The van der Waals surface area contributed by atoms with Crippen LogP contribution in [-0.2, 0) is 6.54 Å². The maximum absolute atomic E-state index is 11.4. The molecular formula is C15H16N4O3. The van der Waals surface area contributed by atoms with Crippen molar-refractivity contribution in [3.63, 3.8) is 0 Å². The summed E-state index contributed by atoms with van der Waals surface area (Å²) in [4.78, 5) is 19.4. The fourth-order valence-corrected chi connectivity index (χ4v) is 1.77. The first kappa shape index (κ1) is 15.4. The van der Waals surface area contributed by atoms with Crippen LogP contribution in [0.15, 0.2) is 48.0 Å². The monoisotopic (exact) mass is 300 g/mol. The summed E-state index contributed by atoms with van der Waals surface area (Å²) in [6.07, 6.45) is 3.47. The Hall–Kier alpha value is -2.96. The van der Waals surface area contributed by atoms with E-state index in [9.17, 15) is 9.90 Å². The van der Waals surface area contributed by atoms with Crippen molar-refractivity contribution in [3.8, 4) is 5.75 Å². The quantitative estimate of drug-likeness (QED) is 0.676. The van der Waals surface area contributed by atoms with Crippen molar-refractivity contribution in [1.29, 1.82) is 0 Å². The summed E-state index contributed by atoms with van der Waals surface area (Å²) in [6, 6.07) is 7.13. The van der Waals surface area contributed by atoms with Crippen LogP contribution in [-0.4, -0.2) is 39.0 Å². The normalized spacial score (nSPS) is 11.1. The number of carbonyl (C=O) groups is 1. The Balaban J connectivity index is 2.17. The summed E-state index contributed by atoms with van der Waals surface area (Å²) in [6.45, 7) is 1.82. The third kappa shape index (κ3) is 4.02. The highest BCUT2D eigenvalue weighted by Gasteiger charge is 2.13. The zero-order chi connectivity index (χ0) is 15.9. The Kier molecular flexibility index (Phi) is 5.02. The van der Waals surface area contributed by atoms with Crippen LogP contribution in [0.4, 0.5) is 4.79 Å². The molecule has 2 aromatic rings. The molecule has 0 fully saturated rings. The Bertz CT molecular complexity index is 656. The zero-order valence-corrected chi connectivity index (χ0v) is 12.3. The van der Waals surface area contributed by atoms with E-state index in [1.165, 1.54) is 12.4 Å². The number of ether oxygens (including phenoxy) is 1. The number of nitrogens with zero attached hydrogens (tertiary/aromatic N) is 4. The van der Waals surface area contributed by atoms with Crippen molar-refractivity contribution in [2.24, 2.45) is 5.10 Å². The molecule has 0 aliphatic rings. The van der Waals surface area contributed by atoms with E-state index in [0.29, 0.717) is 17.2 Å². The number of hydrogen-bond acceptors (Lipinski definition) is 5. The minimum Gasteiger partial charge on any atom is -0.497 e. The molecule has 1 N–H and O–H groups in total. The molecule has 0 atom stereocenters. The molecule has 0 unspecified atom stereocenters. The van der Waals surface area contributed by atoms with Gasteiger partial charge in [0, 0.05) is 12.4 Å². The van der Waals surface area contributed by atoms with E-state index in [1.807, 2.05) is 0 Å². The molecule has 7 heteroatoms. The van der Waals surface area contributed by atoms with Gasteiger partial charge in [-0.05, 0) is 24.6 Å². The molecule has 0 aliphatic heterocycles. The summed E-state index contributed by atoms with van der Waals surface area (Å²) in [5, 5.41) is 14.4. The van der Waals surface area contributed by atoms with Gasteiger partial charge >= 0.3 is 6.09 Å². The number of aromatic nitrogens is 2. The SMILES string of the molecule is COc1ccc(CN(N=C(C)c2cnccn2)C(=O)O)cc1. The van der Waals surface area contributed by atoms with Crippen molar-refractivity contribution >= 4 is 11.8 Å². The lowest BCUT2D eigenvalue weighted by Gasteiger charge is -2.15. The fourth-order valence-electron chi connectivity index (χ4n) is 1.77. The second kappa shape index (κ2) is 7.16. The molecule has 114 valence electrons. The Morgan fingerprint density at radius 1 is 1.32 bits per heavy atom. The highest BCUT2D eigenvalue weighted by atomic mass is 16.5. The van der Waals surface area contributed by atoms with Crippen LogP contribution < -0.4 is 4.74 Å². The van der Waals surface area contributed by atoms with Gasteiger partial charge in [-0.2, -0.15) is 10.1 Å². The number of benzene rings is 1. The average Bonchev–Trinajstić information content (AvgIpc) is 2.55. The van der Waals surface area contributed by atoms with Crippen molar-refractivity contribution in [2.75, 3.05) is 7.11 Å². The predicted molar refractivity (Wildman–Crippen MR) is 80.8 cm³/mol. The molecule has 0 spiro atoms. The first-order valence-electron chi connectivity index (χ1n) is 6.55. The molecule has 1 amide bonds. The standard InChI is InChI=1S/C15H16N4O3/c1-11(14-9-16-7-8-17-14)18-19(15(20)21)10-12-3-5-13(22-2)6-4-12/h3-9H,10H2,1-2H3,(H,20,21). The Morgan fingerprint density at radius 2 is 2.05 bits per heavy atom. The van der Waals surface area contributed by atoms with Crippen molar-refractivity contribution in [1.82, 2.24) is 15.0 Å². The number of hydrogen-bond donors (Lipinski definition) is 1. The molecule has 1 aromatic heterocycles. The highest BCUT2D eigenvalue weighted by Crippen LogP contribution is 2.13. The predicted octanol–water partition coefficient (Wildman–Crippen LogP) is 2.39. The highest BCUT2D eigenvalue weighted by molar-refractivity contribution is 5.96. The van der Waals surface area contributed by atoms with Crippen molar-refractivity contribution in [2.45, 2.75) is 13.5 Å². The van der Waals surface area contributed by atoms with Crippen LogP contribution in [0.3, 0.4) is 0 Å². The molecule has 0 radical (unpaired) electrons. The average molecular weight is 300 g/mol. The topological polar surface area (TPSA) is 87.9 Å². The number of carboxylic acid groups (broad SMARTS) is 1. The van der Waals surface area contributed by atoms with Gasteiger partial charge in [-0.1, -0.05) is 12.1 Å². The van der Waals surface area contributed by atoms with E-state index in [2.05, 4.69) is 15.1 Å². The molecule has 1 aromatic carbocycles. The van der Waals surface area contributed by atoms with Gasteiger partial charge in [0.2, 0.25) is 0 Å². The summed E-state index contributed by atoms with van der Waals surface area (Å²) in [5.74, 6) is 0.713. The lowest BCUT2D eigenvalue weighted by atomic mass is 10.2. The maximum Gasteiger partial charge on any atom is 0.428 e. The third-order valence-electron chi connectivity index (χ3n) is 2.92. The summed E-state index contributed by atoms with van der Waals surface area (Å²) in [5.41, 5.74) is 1.81. The molecule has 7 nitrogen and oxygen atoms in total. The van der Waals surface area contributed by atoms with Gasteiger partial charge in [-0.3, -0.25) is 9.97 Å². The molecule has 0 aliphatic carbocycles. The summed E-state index contributed by atoms with van der Waals surface area (Å²) in [7, 11) is 1.58. The van der Waals surface area contributed by atoms with Crippen LogP contribution in [0.2, 0.25) is 0 Å². The summed E-state index contributed by atoms with van der Waals surface area (Å²) < 4.78 is 5.07. The second-order valence-corrected chi connectivity index (χ2v) is 4.46. The fraction of sp³-hybridized carbons (Fsp3) is 0.200. The molecular weight excluding hydrogens is 284 g/mol. The van der Waals surface area contributed by atoms with Crippen LogP contribution in [0.25, 0.3) is 0 Å². The molecule has 0 saturated heterocycles. The van der Waals surface area contributed by atoms with E-state index >= 15 is 0 Å². The Labute approximate surface area is 127 Å². The summed E-state index contributed by atoms with van der Waals surface area (Å²) >= 11 is 0. The van der Waals surface area contributed by atoms with E-state index in [1.54, 1.807) is 44.5 Å². The maximum atomic E-state index is 11.4. The van der Waals surface area contributed by atoms with E-state index in [4.69, 9.17) is 4.74 Å². The van der Waals surface area contributed by atoms with Crippen LogP contribution in [0.5, 0.6) is 5.75 Å². The van der Waals surface area contributed by atoms with Gasteiger partial charge in [0.15, 0.2) is 0 Å². The smallest absolute Gasteiger partial charge is 0.428 e. The van der Waals surface area contributed by atoms with Crippen LogP contribution in [0.1, 0.15) is 18.2 Å². The molecule has 0 bridgehead atoms. The second-order valence-electron chi connectivity index (χ2n) is 4.46. The van der Waals surface area contributed by atoms with Gasteiger partial charge < -0.3 is 9.84 Å². The van der Waals surface area contributed by atoms with Crippen LogP contribution in [0, 0.1) is 0 Å². The van der Waals surface area contributed by atoms with Crippen molar-refractivity contribution < 1.29 is 14.6 Å². The van der Waals surface area contributed by atoms with Gasteiger partial charge in [-0.25, -0.2) is 4.79 Å². The van der Waals surface area contributed by atoms with E-state index < -0.39 is 6.09 Å². The number of hydrazone groups is 1. The number of rotatable bonds is 5. The minimum absolute atomic E-state index is 0.136. The van der Waals surface area contributed by atoms with Crippen LogP contribution >= 0.6 is 0 Å². The van der Waals surface area contributed by atoms with Crippen molar-refractivity contribution in [3.05, 3.63) is 54.1 Å². The molecule has 22 heavy (non-hydrogen) atoms. The minimum atomic E-state index is -1.14. The Morgan fingerprint density at radius 3 is 2.59 bits per heavy atom. The zero-order valence-electron chi connectivity index (χ0n) is 12.3. The molecule has 0 saturated carbocycles.